The molecule has 36 heavy (non-hydrogen) atoms. The molecule has 7 nitrogen and oxygen atoms in total. The quantitative estimate of drug-likeness (QED) is 0.325. The third-order valence-corrected chi connectivity index (χ3v) is 8.33. The van der Waals surface area contributed by atoms with E-state index in [0.29, 0.717) is 17.2 Å². The van der Waals surface area contributed by atoms with Crippen LogP contribution >= 0.6 is 11.3 Å². The fourth-order valence-electron chi connectivity index (χ4n) is 3.72. The van der Waals surface area contributed by atoms with Gasteiger partial charge in [-0.2, -0.15) is 9.30 Å². The van der Waals surface area contributed by atoms with Crippen LogP contribution in [0.1, 0.15) is 22.8 Å². The van der Waals surface area contributed by atoms with E-state index in [1.807, 2.05) is 55.5 Å². The summed E-state index contributed by atoms with van der Waals surface area (Å²) in [4.78, 5) is 17.8. The number of aromatic nitrogens is 1. The first kappa shape index (κ1) is 25.4. The molecule has 0 radical (unpaired) electrons. The monoisotopic (exact) mass is 519 g/mol. The van der Waals surface area contributed by atoms with Crippen LogP contribution in [0, 0.1) is 12.3 Å². The standard InChI is InChI=1S/C27H25N3O4S2/c1-4-18-30-25-23(34-5-2)12-9-13-24(25)35-27(30)28-26(31)21-14-16-22(17-15-21)36(32,33)29(3)19-20-10-7-6-8-11-20/h1,6-17H,5,18-19H2,2-3H3. The number of sulfonamides is 1. The van der Waals surface area contributed by atoms with Gasteiger partial charge in [-0.05, 0) is 48.9 Å². The number of carbonyl (C=O) groups excluding carboxylic acids is 1. The predicted molar refractivity (Wildman–Crippen MR) is 141 cm³/mol. The third kappa shape index (κ3) is 5.26. The largest absolute Gasteiger partial charge is 0.492 e. The second-order valence-corrected chi connectivity index (χ2v) is 11.0. The molecule has 0 saturated carbocycles. The fraction of sp³-hybridized carbons (Fsp3) is 0.185. The molecule has 0 atom stereocenters. The van der Waals surface area contributed by atoms with Crippen LogP contribution in [-0.4, -0.2) is 36.9 Å². The number of rotatable bonds is 8. The lowest BCUT2D eigenvalue weighted by Crippen LogP contribution is -2.26. The van der Waals surface area contributed by atoms with Crippen molar-refractivity contribution in [2.45, 2.75) is 24.9 Å². The number of para-hydroxylation sites is 1. The molecule has 0 fully saturated rings. The van der Waals surface area contributed by atoms with E-state index in [-0.39, 0.29) is 23.5 Å². The highest BCUT2D eigenvalue weighted by Gasteiger charge is 2.21. The summed E-state index contributed by atoms with van der Waals surface area (Å²) >= 11 is 1.34. The summed E-state index contributed by atoms with van der Waals surface area (Å²) in [7, 11) is -2.20. The summed E-state index contributed by atoms with van der Waals surface area (Å²) in [5.74, 6) is 2.79. The normalized spacial score (nSPS) is 12.1. The lowest BCUT2D eigenvalue weighted by atomic mass is 10.2. The van der Waals surface area contributed by atoms with E-state index in [1.54, 1.807) is 4.57 Å². The third-order valence-electron chi connectivity index (χ3n) is 5.47. The zero-order chi connectivity index (χ0) is 25.7. The van der Waals surface area contributed by atoms with Gasteiger partial charge >= 0.3 is 0 Å². The van der Waals surface area contributed by atoms with Crippen molar-refractivity contribution in [2.75, 3.05) is 13.7 Å². The molecule has 9 heteroatoms. The molecule has 0 saturated heterocycles. The van der Waals surface area contributed by atoms with Gasteiger partial charge in [-0.25, -0.2) is 8.42 Å². The number of carbonyl (C=O) groups is 1. The molecule has 0 N–H and O–H groups in total. The smallest absolute Gasteiger partial charge is 0.279 e. The average Bonchev–Trinajstić information content (AvgIpc) is 3.22. The molecule has 1 heterocycles. The van der Waals surface area contributed by atoms with Gasteiger partial charge in [0.1, 0.15) is 11.3 Å². The highest BCUT2D eigenvalue weighted by atomic mass is 32.2. The summed E-state index contributed by atoms with van der Waals surface area (Å²) in [5, 5.41) is 0. The van der Waals surface area contributed by atoms with Gasteiger partial charge in [-0.15, -0.1) is 6.42 Å². The Kier molecular flexibility index (Phi) is 7.70. The van der Waals surface area contributed by atoms with Crippen LogP contribution in [0.2, 0.25) is 0 Å². The van der Waals surface area contributed by atoms with Crippen LogP contribution in [0.3, 0.4) is 0 Å². The molecule has 0 spiro atoms. The van der Waals surface area contributed by atoms with Crippen LogP contribution in [0.15, 0.2) is 82.7 Å². The van der Waals surface area contributed by atoms with Gasteiger partial charge in [0.25, 0.3) is 5.91 Å². The number of benzene rings is 3. The van der Waals surface area contributed by atoms with Gasteiger partial charge in [-0.1, -0.05) is 53.7 Å². The number of thiazole rings is 1. The van der Waals surface area contributed by atoms with Crippen molar-refractivity contribution in [3.05, 3.63) is 88.7 Å². The molecular weight excluding hydrogens is 494 g/mol. The first-order valence-electron chi connectivity index (χ1n) is 11.2. The number of terminal acetylenes is 1. The van der Waals surface area contributed by atoms with Gasteiger partial charge in [0, 0.05) is 19.2 Å². The number of fused-ring (bicyclic) bond motifs is 1. The highest BCUT2D eigenvalue weighted by molar-refractivity contribution is 7.89. The molecule has 1 aromatic heterocycles. The fourth-order valence-corrected chi connectivity index (χ4v) is 5.92. The Morgan fingerprint density at radius 1 is 1.08 bits per heavy atom. The Hall–Kier alpha value is -3.71. The summed E-state index contributed by atoms with van der Waals surface area (Å²) in [6.45, 7) is 2.85. The van der Waals surface area contributed by atoms with Crippen LogP contribution < -0.4 is 9.54 Å². The minimum atomic E-state index is -3.73. The Labute approximate surface area is 214 Å². The average molecular weight is 520 g/mol. The van der Waals surface area contributed by atoms with Crippen molar-refractivity contribution in [3.8, 4) is 18.1 Å². The van der Waals surface area contributed by atoms with Crippen molar-refractivity contribution in [3.63, 3.8) is 0 Å². The zero-order valence-corrected chi connectivity index (χ0v) is 21.6. The highest BCUT2D eigenvalue weighted by Crippen LogP contribution is 2.27. The molecule has 0 aliphatic rings. The van der Waals surface area contributed by atoms with Gasteiger partial charge in [0.15, 0.2) is 4.80 Å². The molecular formula is C27H25N3O4S2. The van der Waals surface area contributed by atoms with E-state index >= 15 is 0 Å². The second-order valence-electron chi connectivity index (χ2n) is 7.90. The van der Waals surface area contributed by atoms with E-state index in [1.165, 1.54) is 47.0 Å². The van der Waals surface area contributed by atoms with Crippen LogP contribution in [0.25, 0.3) is 10.2 Å². The van der Waals surface area contributed by atoms with E-state index in [4.69, 9.17) is 11.2 Å². The van der Waals surface area contributed by atoms with Crippen LogP contribution in [-0.2, 0) is 23.1 Å². The van der Waals surface area contributed by atoms with Gasteiger partial charge < -0.3 is 9.30 Å². The molecule has 4 rings (SSSR count). The van der Waals surface area contributed by atoms with Gasteiger partial charge in [0.05, 0.1) is 22.7 Å². The predicted octanol–water partition coefficient (Wildman–Crippen LogP) is 4.30. The summed E-state index contributed by atoms with van der Waals surface area (Å²) in [6, 6.07) is 20.8. The summed E-state index contributed by atoms with van der Waals surface area (Å²) in [5.41, 5.74) is 1.94. The summed E-state index contributed by atoms with van der Waals surface area (Å²) in [6.07, 6.45) is 5.58. The molecule has 0 aliphatic heterocycles. The molecule has 0 aliphatic carbocycles. The first-order chi connectivity index (χ1) is 17.3. The number of amides is 1. The molecule has 4 aromatic rings. The van der Waals surface area contributed by atoms with Crippen molar-refractivity contribution in [1.29, 1.82) is 0 Å². The van der Waals surface area contributed by atoms with Crippen molar-refractivity contribution in [1.82, 2.24) is 8.87 Å². The Morgan fingerprint density at radius 3 is 2.47 bits per heavy atom. The Bertz CT molecular complexity index is 1600. The minimum absolute atomic E-state index is 0.100. The first-order valence-corrected chi connectivity index (χ1v) is 13.5. The lowest BCUT2D eigenvalue weighted by molar-refractivity contribution is 0.0997. The lowest BCUT2D eigenvalue weighted by Gasteiger charge is -2.17. The summed E-state index contributed by atoms with van der Waals surface area (Å²) < 4.78 is 35.7. The van der Waals surface area contributed by atoms with E-state index in [9.17, 15) is 13.2 Å². The molecule has 1 amide bonds. The zero-order valence-electron chi connectivity index (χ0n) is 19.9. The van der Waals surface area contributed by atoms with Crippen molar-refractivity contribution in [2.24, 2.45) is 4.99 Å². The number of ether oxygens (including phenoxy) is 1. The number of hydrogen-bond donors (Lipinski definition) is 0. The van der Waals surface area contributed by atoms with E-state index in [0.717, 1.165) is 15.8 Å². The molecule has 0 unspecified atom stereocenters. The van der Waals surface area contributed by atoms with Crippen molar-refractivity contribution < 1.29 is 17.9 Å². The van der Waals surface area contributed by atoms with E-state index in [2.05, 4.69) is 10.9 Å². The molecule has 0 bridgehead atoms. The number of hydrogen-bond acceptors (Lipinski definition) is 5. The maximum atomic E-state index is 13.0. The van der Waals surface area contributed by atoms with Gasteiger partial charge in [0.2, 0.25) is 10.0 Å². The van der Waals surface area contributed by atoms with Crippen LogP contribution in [0.4, 0.5) is 0 Å². The molecule has 3 aromatic carbocycles. The topological polar surface area (TPSA) is 81.0 Å². The molecule has 184 valence electrons. The SMILES string of the molecule is C#CCn1c(=NC(=O)c2ccc(S(=O)(=O)N(C)Cc3ccccc3)cc2)sc2cccc(OCC)c21. The Morgan fingerprint density at radius 2 is 1.81 bits per heavy atom. The maximum absolute atomic E-state index is 13.0. The minimum Gasteiger partial charge on any atom is -0.492 e. The van der Waals surface area contributed by atoms with E-state index < -0.39 is 15.9 Å². The van der Waals surface area contributed by atoms with Crippen molar-refractivity contribution >= 4 is 37.5 Å². The second kappa shape index (κ2) is 10.9. The van der Waals surface area contributed by atoms with Crippen LogP contribution in [0.5, 0.6) is 5.75 Å². The Balaban J connectivity index is 1.63. The number of nitrogens with zero attached hydrogens (tertiary/aromatic N) is 3. The maximum Gasteiger partial charge on any atom is 0.279 e. The van der Waals surface area contributed by atoms with Gasteiger partial charge in [-0.3, -0.25) is 4.79 Å².